The van der Waals surface area contributed by atoms with Crippen LogP contribution in [0.5, 0.6) is 11.5 Å². The Balaban J connectivity index is 1.49. The third kappa shape index (κ3) is 3.51. The molecule has 1 fully saturated rings. The number of nitrogens with zero attached hydrogens (tertiary/aromatic N) is 2. The number of carbonyl (C=O) groups excluding carboxylic acids is 1. The predicted molar refractivity (Wildman–Crippen MR) is 92.7 cm³/mol. The Kier molecular flexibility index (Phi) is 4.39. The highest BCUT2D eigenvalue weighted by atomic mass is 16.6. The van der Waals surface area contributed by atoms with Crippen LogP contribution in [0.4, 0.5) is 11.4 Å². The Bertz CT molecular complexity index is 775. The van der Waals surface area contributed by atoms with Crippen molar-refractivity contribution in [2.24, 2.45) is 0 Å². The van der Waals surface area contributed by atoms with E-state index in [9.17, 15) is 4.79 Å². The molecule has 1 aromatic heterocycles. The summed E-state index contributed by atoms with van der Waals surface area (Å²) in [7, 11) is 0. The maximum atomic E-state index is 12.5. The molecule has 0 aliphatic carbocycles. The maximum Gasteiger partial charge on any atom is 0.274 e. The van der Waals surface area contributed by atoms with Crippen molar-refractivity contribution in [2.75, 3.05) is 49.7 Å². The molecule has 0 radical (unpaired) electrons. The molecular weight excluding hydrogens is 322 g/mol. The first-order valence-electron chi connectivity index (χ1n) is 8.29. The molecule has 1 N–H and O–H groups in total. The Hall–Kier alpha value is -2.80. The summed E-state index contributed by atoms with van der Waals surface area (Å²) in [6.45, 7) is 4.06. The fourth-order valence-corrected chi connectivity index (χ4v) is 2.88. The largest absolute Gasteiger partial charge is 0.486 e. The summed E-state index contributed by atoms with van der Waals surface area (Å²) in [5.74, 6) is 1.07. The first-order valence-corrected chi connectivity index (χ1v) is 8.29. The van der Waals surface area contributed by atoms with Gasteiger partial charge in [0.15, 0.2) is 11.5 Å². The van der Waals surface area contributed by atoms with E-state index in [1.165, 1.54) is 0 Å². The van der Waals surface area contributed by atoms with Crippen molar-refractivity contribution in [3.8, 4) is 11.5 Å². The van der Waals surface area contributed by atoms with Crippen LogP contribution < -0.4 is 19.7 Å². The molecule has 2 aliphatic rings. The number of fused-ring (bicyclic) bond motifs is 1. The van der Waals surface area contributed by atoms with E-state index < -0.39 is 0 Å². The first-order chi connectivity index (χ1) is 12.3. The van der Waals surface area contributed by atoms with Crippen molar-refractivity contribution < 1.29 is 19.0 Å². The van der Waals surface area contributed by atoms with Crippen molar-refractivity contribution in [2.45, 2.75) is 0 Å². The molecule has 2 aromatic rings. The number of amides is 1. The minimum Gasteiger partial charge on any atom is -0.486 e. The van der Waals surface area contributed by atoms with Crippen LogP contribution in [0.25, 0.3) is 0 Å². The molecule has 7 heteroatoms. The topological polar surface area (TPSA) is 72.9 Å². The lowest BCUT2D eigenvalue weighted by molar-refractivity contribution is 0.102. The number of anilines is 2. The van der Waals surface area contributed by atoms with Crippen molar-refractivity contribution in [3.05, 3.63) is 42.2 Å². The normalized spacial score (nSPS) is 16.4. The minimum atomic E-state index is -0.258. The van der Waals surface area contributed by atoms with Crippen molar-refractivity contribution in [3.63, 3.8) is 0 Å². The number of nitrogens with one attached hydrogen (secondary N) is 1. The Morgan fingerprint density at radius 2 is 1.80 bits per heavy atom. The van der Waals surface area contributed by atoms with Crippen molar-refractivity contribution in [1.82, 2.24) is 4.98 Å². The molecule has 25 heavy (non-hydrogen) atoms. The molecule has 0 spiro atoms. The predicted octanol–water partition coefficient (Wildman–Crippen LogP) is 1.94. The van der Waals surface area contributed by atoms with Crippen LogP contribution in [0.3, 0.4) is 0 Å². The SMILES string of the molecule is O=C(Nc1ccc2c(c1)OCCO2)c1cc(N2CCOCC2)ccn1. The third-order valence-corrected chi connectivity index (χ3v) is 4.15. The second kappa shape index (κ2) is 6.98. The van der Waals surface area contributed by atoms with Gasteiger partial charge in [0.2, 0.25) is 0 Å². The summed E-state index contributed by atoms with van der Waals surface area (Å²) in [5.41, 5.74) is 2.00. The van der Waals surface area contributed by atoms with Crippen molar-refractivity contribution >= 4 is 17.3 Å². The lowest BCUT2D eigenvalue weighted by atomic mass is 10.2. The van der Waals surface area contributed by atoms with Crippen LogP contribution in [-0.2, 0) is 4.74 Å². The Labute approximate surface area is 145 Å². The van der Waals surface area contributed by atoms with Gasteiger partial charge >= 0.3 is 0 Å². The van der Waals surface area contributed by atoms with E-state index in [0.29, 0.717) is 49.3 Å². The molecule has 130 valence electrons. The molecule has 0 unspecified atom stereocenters. The average molecular weight is 341 g/mol. The lowest BCUT2D eigenvalue weighted by Gasteiger charge is -2.28. The first kappa shape index (κ1) is 15.7. The highest BCUT2D eigenvalue weighted by molar-refractivity contribution is 6.03. The van der Waals surface area contributed by atoms with Gasteiger partial charge < -0.3 is 24.4 Å². The van der Waals surface area contributed by atoms with Crippen LogP contribution >= 0.6 is 0 Å². The number of pyridine rings is 1. The zero-order valence-electron chi connectivity index (χ0n) is 13.7. The fourth-order valence-electron chi connectivity index (χ4n) is 2.88. The van der Waals surface area contributed by atoms with Gasteiger partial charge in [0.25, 0.3) is 5.91 Å². The average Bonchev–Trinajstić information content (AvgIpc) is 2.69. The molecule has 0 saturated carbocycles. The van der Waals surface area contributed by atoms with Crippen molar-refractivity contribution in [1.29, 1.82) is 0 Å². The van der Waals surface area contributed by atoms with Gasteiger partial charge in [-0.05, 0) is 24.3 Å². The van der Waals surface area contributed by atoms with Gasteiger partial charge in [-0.3, -0.25) is 9.78 Å². The fraction of sp³-hybridized carbons (Fsp3) is 0.333. The number of hydrogen-bond donors (Lipinski definition) is 1. The second-order valence-electron chi connectivity index (χ2n) is 5.81. The number of carbonyl (C=O) groups is 1. The van der Waals surface area contributed by atoms with E-state index in [1.54, 1.807) is 30.5 Å². The number of aromatic nitrogens is 1. The van der Waals surface area contributed by atoms with E-state index in [-0.39, 0.29) is 5.91 Å². The highest BCUT2D eigenvalue weighted by Gasteiger charge is 2.16. The lowest BCUT2D eigenvalue weighted by Crippen LogP contribution is -2.36. The number of morpholine rings is 1. The van der Waals surface area contributed by atoms with Gasteiger partial charge in [0.1, 0.15) is 18.9 Å². The summed E-state index contributed by atoms with van der Waals surface area (Å²) in [6.07, 6.45) is 1.66. The molecule has 1 aromatic carbocycles. The summed E-state index contributed by atoms with van der Waals surface area (Å²) in [6, 6.07) is 9.06. The monoisotopic (exact) mass is 341 g/mol. The van der Waals surface area contributed by atoms with Crippen LogP contribution in [0, 0.1) is 0 Å². The number of benzene rings is 1. The number of hydrogen-bond acceptors (Lipinski definition) is 6. The van der Waals surface area contributed by atoms with E-state index >= 15 is 0 Å². The highest BCUT2D eigenvalue weighted by Crippen LogP contribution is 2.32. The summed E-state index contributed by atoms with van der Waals surface area (Å²) < 4.78 is 16.4. The third-order valence-electron chi connectivity index (χ3n) is 4.15. The molecule has 7 nitrogen and oxygen atoms in total. The van der Waals surface area contributed by atoms with Crippen LogP contribution in [0.15, 0.2) is 36.5 Å². The Morgan fingerprint density at radius 1 is 1.00 bits per heavy atom. The minimum absolute atomic E-state index is 0.258. The van der Waals surface area contributed by atoms with Gasteiger partial charge in [0, 0.05) is 36.7 Å². The smallest absolute Gasteiger partial charge is 0.274 e. The van der Waals surface area contributed by atoms with Crippen LogP contribution in [0.1, 0.15) is 10.5 Å². The van der Waals surface area contributed by atoms with E-state index in [2.05, 4.69) is 15.2 Å². The van der Waals surface area contributed by atoms with Gasteiger partial charge in [0.05, 0.1) is 13.2 Å². The zero-order chi connectivity index (χ0) is 17.1. The Morgan fingerprint density at radius 3 is 2.64 bits per heavy atom. The van der Waals surface area contributed by atoms with E-state index in [4.69, 9.17) is 14.2 Å². The zero-order valence-corrected chi connectivity index (χ0v) is 13.7. The van der Waals surface area contributed by atoms with E-state index in [0.717, 1.165) is 18.8 Å². The van der Waals surface area contributed by atoms with E-state index in [1.807, 2.05) is 6.07 Å². The quantitative estimate of drug-likeness (QED) is 0.920. The van der Waals surface area contributed by atoms with Gasteiger partial charge in [-0.15, -0.1) is 0 Å². The molecular formula is C18H19N3O4. The molecule has 0 bridgehead atoms. The molecule has 0 atom stereocenters. The number of rotatable bonds is 3. The summed E-state index contributed by atoms with van der Waals surface area (Å²) in [4.78, 5) is 18.9. The van der Waals surface area contributed by atoms with Crippen LogP contribution in [0.2, 0.25) is 0 Å². The standard InChI is InChI=1S/C18H19N3O4/c22-18(20-13-1-2-16-17(11-13)25-10-9-24-16)15-12-14(3-4-19-15)21-5-7-23-8-6-21/h1-4,11-12H,5-10H2,(H,20,22). The molecule has 1 amide bonds. The van der Waals surface area contributed by atoms with Gasteiger partial charge in [-0.2, -0.15) is 0 Å². The summed E-state index contributed by atoms with van der Waals surface area (Å²) >= 11 is 0. The summed E-state index contributed by atoms with van der Waals surface area (Å²) in [5, 5.41) is 2.86. The van der Waals surface area contributed by atoms with Gasteiger partial charge in [-0.25, -0.2) is 0 Å². The van der Waals surface area contributed by atoms with Crippen LogP contribution in [-0.4, -0.2) is 50.4 Å². The maximum absolute atomic E-state index is 12.5. The number of ether oxygens (including phenoxy) is 3. The second-order valence-corrected chi connectivity index (χ2v) is 5.81. The molecule has 3 heterocycles. The molecule has 1 saturated heterocycles. The molecule has 4 rings (SSSR count). The molecule has 2 aliphatic heterocycles. The van der Waals surface area contributed by atoms with Gasteiger partial charge in [-0.1, -0.05) is 0 Å².